The van der Waals surface area contributed by atoms with Crippen molar-refractivity contribution >= 4 is 0 Å². The van der Waals surface area contributed by atoms with Crippen LogP contribution in [0.15, 0.2) is 12.7 Å². The smallest absolute Gasteiger partial charge is 0.0132 e. The van der Waals surface area contributed by atoms with Crippen LogP contribution in [0.2, 0.25) is 0 Å². The molecule has 0 aromatic carbocycles. The zero-order valence-corrected chi connectivity index (χ0v) is 6.82. The first kappa shape index (κ1) is 9.66. The first-order valence-electron chi connectivity index (χ1n) is 3.94. The third-order valence-electron chi connectivity index (χ3n) is 1.19. The van der Waals surface area contributed by atoms with E-state index >= 15 is 0 Å². The summed E-state index contributed by atoms with van der Waals surface area (Å²) in [5, 5.41) is 6.51. The van der Waals surface area contributed by atoms with Gasteiger partial charge in [0, 0.05) is 19.6 Å². The third kappa shape index (κ3) is 7.66. The highest BCUT2D eigenvalue weighted by molar-refractivity contribution is 4.69. The number of rotatable bonds is 7. The quantitative estimate of drug-likeness (QED) is 0.405. The van der Waals surface area contributed by atoms with Crippen molar-refractivity contribution in [3.05, 3.63) is 12.7 Å². The molecule has 2 heteroatoms. The van der Waals surface area contributed by atoms with Gasteiger partial charge in [-0.1, -0.05) is 13.0 Å². The Labute approximate surface area is 63.7 Å². The molecule has 0 aromatic heterocycles. The largest absolute Gasteiger partial charge is 0.315 e. The summed E-state index contributed by atoms with van der Waals surface area (Å²) < 4.78 is 0. The minimum Gasteiger partial charge on any atom is -0.315 e. The van der Waals surface area contributed by atoms with E-state index in [9.17, 15) is 0 Å². The van der Waals surface area contributed by atoms with Gasteiger partial charge < -0.3 is 10.6 Å². The van der Waals surface area contributed by atoms with Gasteiger partial charge in [-0.15, -0.1) is 6.58 Å². The van der Waals surface area contributed by atoms with Gasteiger partial charge in [-0.05, 0) is 13.0 Å². The van der Waals surface area contributed by atoms with E-state index in [0.717, 1.165) is 26.2 Å². The SMILES string of the molecule is C=CCNCCNCCC. The van der Waals surface area contributed by atoms with Gasteiger partial charge in [0.2, 0.25) is 0 Å². The van der Waals surface area contributed by atoms with Gasteiger partial charge in [-0.25, -0.2) is 0 Å². The molecular formula is C8H18N2. The van der Waals surface area contributed by atoms with Crippen LogP contribution >= 0.6 is 0 Å². The van der Waals surface area contributed by atoms with Crippen LogP contribution < -0.4 is 10.6 Å². The molecule has 2 N–H and O–H groups in total. The normalized spacial score (nSPS) is 9.70. The van der Waals surface area contributed by atoms with Crippen molar-refractivity contribution in [2.75, 3.05) is 26.2 Å². The molecule has 0 heterocycles. The zero-order valence-electron chi connectivity index (χ0n) is 6.82. The minimum atomic E-state index is 0.911. The van der Waals surface area contributed by atoms with Crippen molar-refractivity contribution in [3.63, 3.8) is 0 Å². The summed E-state index contributed by atoms with van der Waals surface area (Å²) in [6.45, 7) is 9.90. The molecule has 0 atom stereocenters. The van der Waals surface area contributed by atoms with E-state index in [1.54, 1.807) is 0 Å². The minimum absolute atomic E-state index is 0.911. The van der Waals surface area contributed by atoms with Gasteiger partial charge in [0.1, 0.15) is 0 Å². The van der Waals surface area contributed by atoms with Crippen molar-refractivity contribution in [1.29, 1.82) is 0 Å². The Morgan fingerprint density at radius 1 is 1.20 bits per heavy atom. The van der Waals surface area contributed by atoms with Gasteiger partial charge in [0.05, 0.1) is 0 Å². The second kappa shape index (κ2) is 8.66. The first-order chi connectivity index (χ1) is 4.91. The van der Waals surface area contributed by atoms with Crippen molar-refractivity contribution in [1.82, 2.24) is 10.6 Å². The molecule has 60 valence electrons. The lowest BCUT2D eigenvalue weighted by Gasteiger charge is -2.02. The molecule has 0 bridgehead atoms. The summed E-state index contributed by atoms with van der Waals surface area (Å²) in [5.41, 5.74) is 0. The maximum Gasteiger partial charge on any atom is 0.0132 e. The molecule has 0 aromatic rings. The van der Waals surface area contributed by atoms with Crippen LogP contribution in [-0.4, -0.2) is 26.2 Å². The fraction of sp³-hybridized carbons (Fsp3) is 0.750. The highest BCUT2D eigenvalue weighted by atomic mass is 14.9. The van der Waals surface area contributed by atoms with Gasteiger partial charge in [0.25, 0.3) is 0 Å². The van der Waals surface area contributed by atoms with Crippen molar-refractivity contribution in [2.24, 2.45) is 0 Å². The van der Waals surface area contributed by atoms with Crippen molar-refractivity contribution in [2.45, 2.75) is 13.3 Å². The van der Waals surface area contributed by atoms with Crippen molar-refractivity contribution in [3.8, 4) is 0 Å². The van der Waals surface area contributed by atoms with Crippen molar-refractivity contribution < 1.29 is 0 Å². The van der Waals surface area contributed by atoms with E-state index in [0.29, 0.717) is 0 Å². The lowest BCUT2D eigenvalue weighted by Crippen LogP contribution is -2.27. The van der Waals surface area contributed by atoms with Crippen LogP contribution in [0.4, 0.5) is 0 Å². The van der Waals surface area contributed by atoms with Crippen LogP contribution in [0.5, 0.6) is 0 Å². The molecule has 0 unspecified atom stereocenters. The Morgan fingerprint density at radius 2 is 1.90 bits per heavy atom. The predicted molar refractivity (Wildman–Crippen MR) is 46.2 cm³/mol. The summed E-state index contributed by atoms with van der Waals surface area (Å²) in [4.78, 5) is 0. The highest BCUT2D eigenvalue weighted by Crippen LogP contribution is 1.67. The van der Waals surface area contributed by atoms with Gasteiger partial charge >= 0.3 is 0 Å². The second-order valence-corrected chi connectivity index (χ2v) is 2.24. The number of hydrogen-bond donors (Lipinski definition) is 2. The van der Waals surface area contributed by atoms with Crippen LogP contribution in [0.3, 0.4) is 0 Å². The van der Waals surface area contributed by atoms with E-state index in [1.807, 2.05) is 6.08 Å². The molecule has 0 rings (SSSR count). The molecule has 2 nitrogen and oxygen atoms in total. The summed E-state index contributed by atoms with van der Waals surface area (Å²) in [7, 11) is 0. The van der Waals surface area contributed by atoms with E-state index in [1.165, 1.54) is 6.42 Å². The van der Waals surface area contributed by atoms with Gasteiger partial charge in [-0.3, -0.25) is 0 Å². The molecule has 0 radical (unpaired) electrons. The van der Waals surface area contributed by atoms with Crippen LogP contribution in [0, 0.1) is 0 Å². The lowest BCUT2D eigenvalue weighted by atomic mass is 10.4. The fourth-order valence-corrected chi connectivity index (χ4v) is 0.683. The molecule has 0 aliphatic carbocycles. The van der Waals surface area contributed by atoms with E-state index in [4.69, 9.17) is 0 Å². The summed E-state index contributed by atoms with van der Waals surface area (Å²) in [6, 6.07) is 0. The maximum atomic E-state index is 3.61. The van der Waals surface area contributed by atoms with E-state index in [2.05, 4.69) is 24.1 Å². The average Bonchev–Trinajstić information content (AvgIpc) is 1.97. The molecule has 0 aliphatic heterocycles. The molecule has 0 saturated carbocycles. The second-order valence-electron chi connectivity index (χ2n) is 2.24. The van der Waals surface area contributed by atoms with Crippen LogP contribution in [0.25, 0.3) is 0 Å². The summed E-state index contributed by atoms with van der Waals surface area (Å²) in [5.74, 6) is 0. The summed E-state index contributed by atoms with van der Waals surface area (Å²) >= 11 is 0. The molecule has 0 fully saturated rings. The van der Waals surface area contributed by atoms with Gasteiger partial charge in [0.15, 0.2) is 0 Å². The Hall–Kier alpha value is -0.340. The first-order valence-corrected chi connectivity index (χ1v) is 3.94. The summed E-state index contributed by atoms with van der Waals surface area (Å²) in [6.07, 6.45) is 3.08. The Morgan fingerprint density at radius 3 is 2.50 bits per heavy atom. The van der Waals surface area contributed by atoms with Crippen LogP contribution in [0.1, 0.15) is 13.3 Å². The topological polar surface area (TPSA) is 24.1 Å². The average molecular weight is 142 g/mol. The maximum absolute atomic E-state index is 3.61. The monoisotopic (exact) mass is 142 g/mol. The Bertz CT molecular complexity index is 71.7. The molecular weight excluding hydrogens is 124 g/mol. The Balaban J connectivity index is 2.70. The number of hydrogen-bond acceptors (Lipinski definition) is 2. The van der Waals surface area contributed by atoms with Gasteiger partial charge in [-0.2, -0.15) is 0 Å². The standard InChI is InChI=1S/C8H18N2/c1-3-5-9-7-8-10-6-4-2/h3,9-10H,1,4-8H2,2H3. The molecule has 10 heavy (non-hydrogen) atoms. The Kier molecular flexibility index (Phi) is 8.37. The predicted octanol–water partition coefficient (Wildman–Crippen LogP) is 0.762. The zero-order chi connectivity index (χ0) is 7.66. The lowest BCUT2D eigenvalue weighted by molar-refractivity contribution is 0.628. The molecule has 0 spiro atoms. The van der Waals surface area contributed by atoms with E-state index in [-0.39, 0.29) is 0 Å². The van der Waals surface area contributed by atoms with E-state index < -0.39 is 0 Å². The number of nitrogens with one attached hydrogen (secondary N) is 2. The molecule has 0 amide bonds. The highest BCUT2D eigenvalue weighted by Gasteiger charge is 1.82. The molecule has 0 aliphatic rings. The molecule has 0 saturated heterocycles. The third-order valence-corrected chi connectivity index (χ3v) is 1.19. The fourth-order valence-electron chi connectivity index (χ4n) is 0.683. The van der Waals surface area contributed by atoms with Crippen LogP contribution in [-0.2, 0) is 0 Å².